The summed E-state index contributed by atoms with van der Waals surface area (Å²) in [5.41, 5.74) is 6.12. The highest BCUT2D eigenvalue weighted by molar-refractivity contribution is 6.20. The molecule has 2 amide bonds. The third-order valence-electron chi connectivity index (χ3n) is 8.66. The van der Waals surface area contributed by atoms with E-state index < -0.39 is 17.8 Å². The van der Waals surface area contributed by atoms with Crippen LogP contribution in [0.3, 0.4) is 0 Å². The molecule has 0 N–H and O–H groups in total. The molecule has 7 nitrogen and oxygen atoms in total. The van der Waals surface area contributed by atoms with Gasteiger partial charge in [0.15, 0.2) is 0 Å². The average molecular weight is 593 g/mol. The number of rotatable bonds is 13. The van der Waals surface area contributed by atoms with Crippen molar-refractivity contribution < 1.29 is 14.3 Å². The maximum Gasteiger partial charge on any atom is 0.256 e. The van der Waals surface area contributed by atoms with Gasteiger partial charge in [-0.2, -0.15) is 10.2 Å². The minimum absolute atomic E-state index is 0.121. The Bertz CT molecular complexity index is 1420. The van der Waals surface area contributed by atoms with Crippen molar-refractivity contribution in [3.63, 3.8) is 0 Å². The molecular weight excluding hydrogens is 548 g/mol. The van der Waals surface area contributed by atoms with Gasteiger partial charge in [-0.3, -0.25) is 9.59 Å². The second kappa shape index (κ2) is 14.0. The van der Waals surface area contributed by atoms with Crippen LogP contribution >= 0.6 is 0 Å². The average Bonchev–Trinajstić information content (AvgIpc) is 3.55. The lowest BCUT2D eigenvalue weighted by Gasteiger charge is -2.29. The van der Waals surface area contributed by atoms with E-state index in [0.29, 0.717) is 19.4 Å². The van der Waals surface area contributed by atoms with E-state index in [1.54, 1.807) is 0 Å². The van der Waals surface area contributed by atoms with Gasteiger partial charge < -0.3 is 4.74 Å². The molecule has 44 heavy (non-hydrogen) atoms. The highest BCUT2D eigenvalue weighted by Crippen LogP contribution is 2.44. The van der Waals surface area contributed by atoms with Crippen molar-refractivity contribution in [3.05, 3.63) is 89.5 Å². The number of unbranched alkanes of at least 4 members (excludes halogenated alkanes) is 3. The zero-order valence-corrected chi connectivity index (χ0v) is 26.6. The van der Waals surface area contributed by atoms with Crippen LogP contribution < -0.4 is 14.8 Å². The summed E-state index contributed by atoms with van der Waals surface area (Å²) in [5, 5.41) is 12.7. The van der Waals surface area contributed by atoms with Crippen molar-refractivity contribution in [2.45, 2.75) is 79.1 Å². The Kier molecular flexibility index (Phi) is 9.93. The minimum atomic E-state index is -0.606. The van der Waals surface area contributed by atoms with E-state index in [1.165, 1.54) is 22.9 Å². The summed E-state index contributed by atoms with van der Waals surface area (Å²) in [5.74, 6) is -1.14. The fraction of sp³-hybridized carbons (Fsp3) is 0.405. The zero-order chi connectivity index (χ0) is 31.2. The normalized spacial score (nSPS) is 18.9. The van der Waals surface area contributed by atoms with Crippen molar-refractivity contribution in [2.24, 2.45) is 22.0 Å². The van der Waals surface area contributed by atoms with E-state index in [0.717, 1.165) is 58.1 Å². The van der Waals surface area contributed by atoms with Gasteiger partial charge >= 0.3 is 0 Å². The number of nitrogens with zero attached hydrogens (tertiary/aromatic N) is 4. The summed E-state index contributed by atoms with van der Waals surface area (Å²) < 4.78 is 6.04. The molecule has 3 aromatic carbocycles. The van der Waals surface area contributed by atoms with Crippen LogP contribution in [0.15, 0.2) is 83.0 Å². The quantitative estimate of drug-likeness (QED) is 0.188. The number of anilines is 2. The summed E-state index contributed by atoms with van der Waals surface area (Å²) >= 11 is 0. The minimum Gasteiger partial charge on any atom is -0.494 e. The van der Waals surface area contributed by atoms with Crippen molar-refractivity contribution in [1.82, 2.24) is 0 Å². The molecule has 2 unspecified atom stereocenters. The highest BCUT2D eigenvalue weighted by atomic mass is 16.5. The van der Waals surface area contributed by atoms with Crippen LogP contribution in [-0.2, 0) is 9.59 Å². The van der Waals surface area contributed by atoms with Crippen LogP contribution in [0.2, 0.25) is 0 Å². The molecule has 5 rings (SSSR count). The first-order chi connectivity index (χ1) is 21.4. The standard InChI is InChI=1S/C37H44N4O3/c1-6-9-10-11-24-44-30-22-16-27(17-23-30)33(34-31(7-2)38-40(36(34)42)28-18-12-25(4)13-19-28)35-32(8-3)39-41(37(35)43)29-20-14-26(5)15-21-29/h12-23,33-35H,6-11,24H2,1-5H3. The van der Waals surface area contributed by atoms with Gasteiger partial charge in [-0.25, -0.2) is 10.0 Å². The Hall–Kier alpha value is -4.26. The SMILES string of the molecule is CCCCCCOc1ccc(C(C2C(=O)N(c3ccc(C)cc3)N=C2CC)C2C(=O)N(c3ccc(C)cc3)N=C2CC)cc1. The first-order valence-corrected chi connectivity index (χ1v) is 16.0. The lowest BCUT2D eigenvalue weighted by Crippen LogP contribution is -2.40. The van der Waals surface area contributed by atoms with Gasteiger partial charge in [-0.15, -0.1) is 0 Å². The fourth-order valence-electron chi connectivity index (χ4n) is 6.16. The Labute approximate surface area is 261 Å². The first-order valence-electron chi connectivity index (χ1n) is 16.0. The number of hydrogen-bond donors (Lipinski definition) is 0. The van der Waals surface area contributed by atoms with E-state index in [-0.39, 0.29) is 11.8 Å². The predicted molar refractivity (Wildman–Crippen MR) is 179 cm³/mol. The molecule has 0 saturated carbocycles. The Morgan fingerprint density at radius 2 is 1.14 bits per heavy atom. The highest BCUT2D eigenvalue weighted by Gasteiger charge is 2.51. The summed E-state index contributed by atoms with van der Waals surface area (Å²) in [6.45, 7) is 10.9. The first kappa shape index (κ1) is 31.2. The van der Waals surface area contributed by atoms with Crippen molar-refractivity contribution in [3.8, 4) is 5.75 Å². The number of benzene rings is 3. The lowest BCUT2D eigenvalue weighted by atomic mass is 9.71. The number of amides is 2. The van der Waals surface area contributed by atoms with Crippen LogP contribution in [-0.4, -0.2) is 29.8 Å². The van der Waals surface area contributed by atoms with Gasteiger partial charge in [-0.1, -0.05) is 87.6 Å². The van der Waals surface area contributed by atoms with Crippen LogP contribution in [0, 0.1) is 25.7 Å². The van der Waals surface area contributed by atoms with Crippen molar-refractivity contribution in [1.29, 1.82) is 0 Å². The molecule has 0 fully saturated rings. The monoisotopic (exact) mass is 592 g/mol. The van der Waals surface area contributed by atoms with E-state index in [4.69, 9.17) is 14.9 Å². The van der Waals surface area contributed by atoms with Crippen LogP contribution in [0.1, 0.15) is 81.9 Å². The molecular formula is C37H44N4O3. The smallest absolute Gasteiger partial charge is 0.256 e. The molecule has 0 aliphatic carbocycles. The molecule has 2 aliphatic rings. The number of hydrazone groups is 2. The molecule has 230 valence electrons. The van der Waals surface area contributed by atoms with Crippen LogP contribution in [0.25, 0.3) is 0 Å². The second-order valence-corrected chi connectivity index (χ2v) is 11.8. The number of aryl methyl sites for hydroxylation is 2. The topological polar surface area (TPSA) is 74.6 Å². The van der Waals surface area contributed by atoms with Gasteiger partial charge in [0.05, 0.1) is 41.2 Å². The van der Waals surface area contributed by atoms with E-state index >= 15 is 0 Å². The maximum absolute atomic E-state index is 14.3. The van der Waals surface area contributed by atoms with Gasteiger partial charge in [0.1, 0.15) is 5.75 Å². The maximum atomic E-state index is 14.3. The fourth-order valence-corrected chi connectivity index (χ4v) is 6.16. The molecule has 0 aromatic heterocycles. The van der Waals surface area contributed by atoms with Gasteiger partial charge in [-0.05, 0) is 75.1 Å². The van der Waals surface area contributed by atoms with Crippen molar-refractivity contribution >= 4 is 34.6 Å². The largest absolute Gasteiger partial charge is 0.494 e. The molecule has 2 atom stereocenters. The van der Waals surface area contributed by atoms with Gasteiger partial charge in [0.2, 0.25) is 0 Å². The molecule has 0 radical (unpaired) electrons. The molecule has 7 heteroatoms. The molecule has 0 spiro atoms. The molecule has 2 aliphatic heterocycles. The Morgan fingerprint density at radius 3 is 1.57 bits per heavy atom. The predicted octanol–water partition coefficient (Wildman–Crippen LogP) is 8.20. The lowest BCUT2D eigenvalue weighted by molar-refractivity contribution is -0.122. The second-order valence-electron chi connectivity index (χ2n) is 11.8. The Balaban J connectivity index is 1.52. The third kappa shape index (κ3) is 6.47. The summed E-state index contributed by atoms with van der Waals surface area (Å²) in [6.07, 6.45) is 5.74. The van der Waals surface area contributed by atoms with Gasteiger partial charge in [0.25, 0.3) is 11.8 Å². The summed E-state index contributed by atoms with van der Waals surface area (Å²) in [4.78, 5) is 28.7. The number of carbonyl (C=O) groups is 2. The van der Waals surface area contributed by atoms with Crippen molar-refractivity contribution in [2.75, 3.05) is 16.6 Å². The number of carbonyl (C=O) groups excluding carboxylic acids is 2. The van der Waals surface area contributed by atoms with E-state index in [9.17, 15) is 9.59 Å². The Morgan fingerprint density at radius 1 is 0.659 bits per heavy atom. The van der Waals surface area contributed by atoms with E-state index in [1.807, 2.05) is 100 Å². The third-order valence-corrected chi connectivity index (χ3v) is 8.66. The van der Waals surface area contributed by atoms with Crippen LogP contribution in [0.4, 0.5) is 11.4 Å². The number of hydrogen-bond acceptors (Lipinski definition) is 5. The molecule has 3 aromatic rings. The molecule has 0 saturated heterocycles. The van der Waals surface area contributed by atoms with Gasteiger partial charge in [0, 0.05) is 5.92 Å². The molecule has 2 heterocycles. The number of ether oxygens (including phenoxy) is 1. The van der Waals surface area contributed by atoms with E-state index in [2.05, 4.69) is 6.92 Å². The zero-order valence-electron chi connectivity index (χ0n) is 26.6. The summed E-state index contributed by atoms with van der Waals surface area (Å²) in [6, 6.07) is 23.6. The van der Waals surface area contributed by atoms with Crippen LogP contribution in [0.5, 0.6) is 5.75 Å². The summed E-state index contributed by atoms with van der Waals surface area (Å²) in [7, 11) is 0. The molecule has 0 bridgehead atoms.